The Morgan fingerprint density at radius 2 is 0.956 bits per heavy atom. The van der Waals surface area contributed by atoms with E-state index < -0.39 is 139 Å². The minimum Gasteiger partial charge on any atom is -0.394 e. The third kappa shape index (κ3) is 19.3. The second-order valence-electron chi connectivity index (χ2n) is 19.0. The van der Waals surface area contributed by atoms with E-state index in [-0.39, 0.29) is 12.5 Å². The summed E-state index contributed by atoms with van der Waals surface area (Å²) in [6.07, 6.45) is -13.2. The molecule has 0 radical (unpaired) electrons. The number of carbonyl (C=O) groups is 2. The molecule has 3 aliphatic heterocycles. The van der Waals surface area contributed by atoms with Crippen LogP contribution < -0.4 is 10.6 Å². The Labute approximate surface area is 398 Å². The SMILES string of the molecule is CC(=O)N[C@H]1[C@H](O[C@H]2[C@H](O)[C@@H](NC(C)=O)[C@@H](OP(=O)(O)OP(=O)(O)OCCC(C)CCCC(C)CCCC(C)CCCC(C)C)O[C@@H]2CO)O[C@H](CO)[C@@H](O[C@@H]2O[C@H](CO)[C@@H](O)[C@H](O)[C@@H]2O)[C@@H]1O. The summed E-state index contributed by atoms with van der Waals surface area (Å²) in [7, 11) is -10.9. The third-order valence-corrected chi connectivity index (χ3v) is 15.1. The normalized spacial score (nSPS) is 35.5. The highest BCUT2D eigenvalue weighted by Crippen LogP contribution is 2.61. The summed E-state index contributed by atoms with van der Waals surface area (Å²) in [5.41, 5.74) is 0. The summed E-state index contributed by atoms with van der Waals surface area (Å²) in [4.78, 5) is 45.7. The highest BCUT2D eigenvalue weighted by molar-refractivity contribution is 7.61. The molecule has 26 heteroatoms. The molecule has 0 aliphatic carbocycles. The van der Waals surface area contributed by atoms with Crippen LogP contribution in [0.2, 0.25) is 0 Å². The molecule has 0 aromatic carbocycles. The zero-order valence-corrected chi connectivity index (χ0v) is 41.9. The van der Waals surface area contributed by atoms with E-state index in [1.807, 2.05) is 6.92 Å². The Bertz CT molecular complexity index is 1600. The highest BCUT2D eigenvalue weighted by Gasteiger charge is 2.55. The number of rotatable bonds is 29. The first kappa shape index (κ1) is 61.0. The molecule has 20 atom stereocenters. The third-order valence-electron chi connectivity index (χ3n) is 12.5. The number of ether oxygens (including phenoxy) is 5. The number of amides is 2. The Morgan fingerprint density at radius 1 is 0.544 bits per heavy atom. The zero-order valence-electron chi connectivity index (χ0n) is 40.1. The molecule has 5 unspecified atom stereocenters. The Balaban J connectivity index is 1.61. The van der Waals surface area contributed by atoms with Crippen molar-refractivity contribution in [1.82, 2.24) is 10.6 Å². The molecule has 0 aromatic heterocycles. The van der Waals surface area contributed by atoms with Crippen molar-refractivity contribution >= 4 is 27.5 Å². The van der Waals surface area contributed by atoms with Crippen molar-refractivity contribution in [1.29, 1.82) is 0 Å². The molecule has 24 nitrogen and oxygen atoms in total. The standard InChI is InChI=1S/C42H80N2O22P2/c1-22(2)11-8-12-23(3)13-9-14-24(4)15-10-16-25(5)17-18-59-67(55,56)66-68(57,58)65-41-32(44-27(7)49)35(52)38(30(21-47)62-41)63-40-31(43-26(6)48)34(51)39(29(20-46)61-40)64-42-37(54)36(53)33(50)28(19-45)60-42/h22-25,28-42,45-47,50-54H,8-21H2,1-7H3,(H,43,48)(H,44,49)(H,55,56)(H,57,58)/t23?,24?,25?,28-,29-,30-,31-,32-,33-,34-,35-,36+,37+,38-,39-,40+,41-,42+/m1/s1. The molecule has 3 aliphatic rings. The molecule has 3 rings (SSSR count). The summed E-state index contributed by atoms with van der Waals surface area (Å²) in [5.74, 6) is 0.458. The van der Waals surface area contributed by atoms with Crippen molar-refractivity contribution in [2.75, 3.05) is 26.4 Å². The average Bonchev–Trinajstić information content (AvgIpc) is 3.24. The van der Waals surface area contributed by atoms with E-state index in [4.69, 9.17) is 32.7 Å². The fourth-order valence-corrected chi connectivity index (χ4v) is 10.7. The number of nitrogens with one attached hydrogen (secondary N) is 2. The van der Waals surface area contributed by atoms with Gasteiger partial charge in [-0.25, -0.2) is 9.13 Å². The lowest BCUT2D eigenvalue weighted by Gasteiger charge is -2.49. The Hall–Kier alpha value is -1.32. The number of aliphatic hydroxyl groups excluding tert-OH is 8. The van der Waals surface area contributed by atoms with Gasteiger partial charge in [0.2, 0.25) is 11.8 Å². The van der Waals surface area contributed by atoms with Gasteiger partial charge in [0.1, 0.15) is 73.1 Å². The predicted octanol–water partition coefficient (Wildman–Crippen LogP) is 0.438. The van der Waals surface area contributed by atoms with Crippen molar-refractivity contribution < 1.29 is 106 Å². The average molecular weight is 1030 g/mol. The van der Waals surface area contributed by atoms with Crippen LogP contribution in [-0.2, 0) is 55.8 Å². The van der Waals surface area contributed by atoms with Crippen LogP contribution in [0.4, 0.5) is 0 Å². The Kier molecular flexibility index (Phi) is 25.8. The van der Waals surface area contributed by atoms with E-state index in [9.17, 15) is 69.4 Å². The van der Waals surface area contributed by atoms with Crippen LogP contribution in [0.15, 0.2) is 0 Å². The summed E-state index contributed by atoms with van der Waals surface area (Å²) in [5, 5.41) is 88.8. The number of phosphoric acid groups is 2. The van der Waals surface area contributed by atoms with E-state index in [1.165, 1.54) is 32.1 Å². The van der Waals surface area contributed by atoms with Crippen molar-refractivity contribution in [3.05, 3.63) is 0 Å². The van der Waals surface area contributed by atoms with Gasteiger partial charge in [0.05, 0.1) is 26.4 Å². The number of hydrogen-bond donors (Lipinski definition) is 12. The first-order valence-electron chi connectivity index (χ1n) is 23.6. The summed E-state index contributed by atoms with van der Waals surface area (Å²) < 4.78 is 69.0. The van der Waals surface area contributed by atoms with E-state index in [2.05, 4.69) is 42.6 Å². The van der Waals surface area contributed by atoms with Gasteiger partial charge in [0, 0.05) is 13.8 Å². The fourth-order valence-electron chi connectivity index (χ4n) is 8.55. The molecular weight excluding hydrogens is 946 g/mol. The van der Waals surface area contributed by atoms with E-state index in [1.54, 1.807) is 0 Å². The van der Waals surface area contributed by atoms with Gasteiger partial charge in [0.25, 0.3) is 0 Å². The molecule has 3 saturated heterocycles. The minimum absolute atomic E-state index is 0.0816. The van der Waals surface area contributed by atoms with Crippen LogP contribution in [0.1, 0.15) is 113 Å². The second-order valence-corrected chi connectivity index (χ2v) is 22.0. The molecule has 0 aromatic rings. The van der Waals surface area contributed by atoms with Crippen LogP contribution >= 0.6 is 15.6 Å². The van der Waals surface area contributed by atoms with E-state index in [0.717, 1.165) is 51.4 Å². The lowest BCUT2D eigenvalue weighted by atomic mass is 9.91. The van der Waals surface area contributed by atoms with Crippen molar-refractivity contribution in [3.63, 3.8) is 0 Å². The summed E-state index contributed by atoms with van der Waals surface area (Å²) in [6.45, 7) is 9.94. The molecule has 400 valence electrons. The quantitative estimate of drug-likeness (QED) is 0.0452. The first-order valence-corrected chi connectivity index (χ1v) is 26.6. The van der Waals surface area contributed by atoms with Crippen LogP contribution in [-0.4, -0.2) is 181 Å². The molecule has 2 amide bonds. The van der Waals surface area contributed by atoms with Crippen LogP contribution in [0.5, 0.6) is 0 Å². The topological polar surface area (TPSA) is 368 Å². The van der Waals surface area contributed by atoms with E-state index in [0.29, 0.717) is 12.3 Å². The molecule has 3 fully saturated rings. The van der Waals surface area contributed by atoms with Gasteiger partial charge in [0.15, 0.2) is 18.9 Å². The lowest BCUT2D eigenvalue weighted by molar-refractivity contribution is -0.360. The molecule has 68 heavy (non-hydrogen) atoms. The maximum Gasteiger partial charge on any atom is 0.483 e. The number of carbonyl (C=O) groups excluding carboxylic acids is 2. The molecule has 0 bridgehead atoms. The highest BCUT2D eigenvalue weighted by atomic mass is 31.3. The maximum absolute atomic E-state index is 13.2. The first-order chi connectivity index (χ1) is 31.8. The molecule has 12 N–H and O–H groups in total. The predicted molar refractivity (Wildman–Crippen MR) is 239 cm³/mol. The van der Waals surface area contributed by atoms with Gasteiger partial charge >= 0.3 is 15.6 Å². The lowest BCUT2D eigenvalue weighted by Crippen LogP contribution is -2.70. The smallest absolute Gasteiger partial charge is 0.394 e. The molecule has 0 saturated carbocycles. The second kappa shape index (κ2) is 28.8. The minimum atomic E-state index is -5.65. The zero-order chi connectivity index (χ0) is 51.1. The molecule has 3 heterocycles. The van der Waals surface area contributed by atoms with Gasteiger partial charge in [-0.1, -0.05) is 92.4 Å². The largest absolute Gasteiger partial charge is 0.483 e. The number of aliphatic hydroxyl groups is 8. The Morgan fingerprint density at radius 3 is 1.41 bits per heavy atom. The molecule has 0 spiro atoms. The molecular formula is C42H80N2O22P2. The van der Waals surface area contributed by atoms with Crippen LogP contribution in [0.25, 0.3) is 0 Å². The van der Waals surface area contributed by atoms with E-state index >= 15 is 0 Å². The number of hydrogen-bond acceptors (Lipinski definition) is 20. The van der Waals surface area contributed by atoms with Gasteiger partial charge in [-0.3, -0.25) is 18.6 Å². The van der Waals surface area contributed by atoms with Crippen molar-refractivity contribution in [2.45, 2.75) is 205 Å². The summed E-state index contributed by atoms with van der Waals surface area (Å²) >= 11 is 0. The van der Waals surface area contributed by atoms with Gasteiger partial charge in [-0.05, 0) is 30.1 Å². The number of phosphoric ester groups is 2. The van der Waals surface area contributed by atoms with Crippen molar-refractivity contribution in [2.24, 2.45) is 23.7 Å². The summed E-state index contributed by atoms with van der Waals surface area (Å²) in [6, 6.07) is -3.50. The maximum atomic E-state index is 13.2. The van der Waals surface area contributed by atoms with Gasteiger partial charge in [-0.2, -0.15) is 4.31 Å². The van der Waals surface area contributed by atoms with Crippen LogP contribution in [0.3, 0.4) is 0 Å². The van der Waals surface area contributed by atoms with Crippen molar-refractivity contribution in [3.8, 4) is 0 Å². The monoisotopic (exact) mass is 1030 g/mol. The van der Waals surface area contributed by atoms with Crippen LogP contribution in [0, 0.1) is 23.7 Å². The fraction of sp³-hybridized carbons (Fsp3) is 0.952. The van der Waals surface area contributed by atoms with Gasteiger partial charge < -0.3 is 85.0 Å². The van der Waals surface area contributed by atoms with Gasteiger partial charge in [-0.15, -0.1) is 0 Å².